The van der Waals surface area contributed by atoms with E-state index in [1.54, 1.807) is 47.9 Å². The van der Waals surface area contributed by atoms with Crippen LogP contribution in [-0.2, 0) is 28.5 Å². The standard InChI is InChI=1S/C18H23NO5.C17H22N2O5.C14H19NO3/c1-11(2)16-14-5-4-12(18(21)22-3)8-15(14)24-7-6-19(16)17(20)13-9-23-10-13;1-10(2)15-13-4-3-11(16(20)18-22)7-14(13)24-6-5-19(15)17(21)12-8-23-9-12;1-9(2)13-11-5-4-10(14(16)17-3)8-12(11)18-7-6-15-13/h4-5,8,11,13,16H,6-7,9-10H2,1-3H3;3-4,7,10,12,15,22H,5-6,8-9H2,1-2H3,(H,18,20);4-5,8-9,13,15H,6-7H2,1-3H3. The molecule has 3 aromatic carbocycles. The average molecular weight is 917 g/mol. The minimum atomic E-state index is -0.591. The first kappa shape index (κ1) is 49.7. The van der Waals surface area contributed by atoms with Crippen LogP contribution in [0, 0.1) is 29.6 Å². The van der Waals surface area contributed by atoms with Crippen LogP contribution in [0.1, 0.15) is 107 Å². The van der Waals surface area contributed by atoms with Gasteiger partial charge in [-0.15, -0.1) is 0 Å². The lowest BCUT2D eigenvalue weighted by atomic mass is 9.91. The number of rotatable bonds is 8. The van der Waals surface area contributed by atoms with Gasteiger partial charge in [0.25, 0.3) is 5.91 Å². The fourth-order valence-corrected chi connectivity index (χ4v) is 8.78. The molecule has 3 N–H and O–H groups in total. The van der Waals surface area contributed by atoms with E-state index in [4.69, 9.17) is 38.4 Å². The molecule has 0 saturated carbocycles. The molecule has 0 aromatic heterocycles. The van der Waals surface area contributed by atoms with Crippen molar-refractivity contribution in [2.24, 2.45) is 29.6 Å². The van der Waals surface area contributed by atoms with E-state index in [1.165, 1.54) is 14.2 Å². The maximum Gasteiger partial charge on any atom is 0.337 e. The molecule has 0 spiro atoms. The number of hydrogen-bond donors (Lipinski definition) is 3. The third-order valence-corrected chi connectivity index (χ3v) is 12.3. The zero-order chi connectivity index (χ0) is 47.7. The highest BCUT2D eigenvalue weighted by Crippen LogP contribution is 2.40. The van der Waals surface area contributed by atoms with Crippen molar-refractivity contribution in [2.75, 3.05) is 80.1 Å². The molecule has 0 aliphatic carbocycles. The molecule has 17 heteroatoms. The SMILES string of the molecule is CC(C)C1c2ccc(C(=O)NO)cc2OCCN1C(=O)C1COC1.COC(=O)c1ccc2c(c1)OCCN(C(=O)C1COC1)C2C(C)C.COC(=O)c1ccc2c(c1)OCCNC2C(C)C. The summed E-state index contributed by atoms with van der Waals surface area (Å²) in [6.45, 7) is 17.8. The molecule has 66 heavy (non-hydrogen) atoms. The van der Waals surface area contributed by atoms with E-state index < -0.39 is 11.9 Å². The summed E-state index contributed by atoms with van der Waals surface area (Å²) in [6, 6.07) is 15.9. The number of ether oxygens (including phenoxy) is 7. The largest absolute Gasteiger partial charge is 0.492 e. The molecular formula is C49H64N4O13. The third kappa shape index (κ3) is 11.3. The minimum absolute atomic E-state index is 0.0536. The van der Waals surface area contributed by atoms with Gasteiger partial charge in [0, 0.05) is 34.8 Å². The van der Waals surface area contributed by atoms with Crippen LogP contribution < -0.4 is 25.0 Å². The molecule has 5 heterocycles. The van der Waals surface area contributed by atoms with Crippen LogP contribution in [0.3, 0.4) is 0 Å². The summed E-state index contributed by atoms with van der Waals surface area (Å²) in [5.74, 6) is 1.64. The Bertz CT molecular complexity index is 2090. The van der Waals surface area contributed by atoms with E-state index in [2.05, 4.69) is 46.9 Å². The number of hydroxylamine groups is 1. The first-order chi connectivity index (χ1) is 31.7. The number of methoxy groups -OCH3 is 2. The molecule has 0 bridgehead atoms. The Hall–Kier alpha value is -5.75. The number of nitrogens with one attached hydrogen (secondary N) is 2. The van der Waals surface area contributed by atoms with Crippen LogP contribution in [0.2, 0.25) is 0 Å². The number of nitrogens with zero attached hydrogens (tertiary/aromatic N) is 2. The molecule has 2 fully saturated rings. The van der Waals surface area contributed by atoms with E-state index in [9.17, 15) is 24.0 Å². The lowest BCUT2D eigenvalue weighted by Gasteiger charge is -2.37. The molecular weight excluding hydrogens is 853 g/mol. The molecule has 3 atom stereocenters. The molecule has 3 unspecified atom stereocenters. The topological polar surface area (TPSA) is 201 Å². The van der Waals surface area contributed by atoms with Gasteiger partial charge in [-0.3, -0.25) is 19.6 Å². The van der Waals surface area contributed by atoms with Crippen molar-refractivity contribution >= 4 is 29.7 Å². The van der Waals surface area contributed by atoms with Gasteiger partial charge in [-0.1, -0.05) is 59.7 Å². The average Bonchev–Trinajstić information content (AvgIpc) is 3.70. The Labute approximate surface area is 386 Å². The third-order valence-electron chi connectivity index (χ3n) is 12.3. The summed E-state index contributed by atoms with van der Waals surface area (Å²) in [6.07, 6.45) is 0. The van der Waals surface area contributed by atoms with Crippen molar-refractivity contribution in [1.29, 1.82) is 0 Å². The number of carbonyl (C=O) groups excluding carboxylic acids is 5. The lowest BCUT2D eigenvalue weighted by Crippen LogP contribution is -2.47. The molecule has 5 aliphatic heterocycles. The fraction of sp³-hybridized carbons (Fsp3) is 0.531. The molecule has 2 saturated heterocycles. The van der Waals surface area contributed by atoms with Crippen molar-refractivity contribution in [1.82, 2.24) is 20.6 Å². The maximum atomic E-state index is 12.8. The highest BCUT2D eigenvalue weighted by molar-refractivity contribution is 5.94. The molecule has 17 nitrogen and oxygen atoms in total. The van der Waals surface area contributed by atoms with Gasteiger partial charge in [0.2, 0.25) is 11.8 Å². The second-order valence-corrected chi connectivity index (χ2v) is 17.8. The summed E-state index contributed by atoms with van der Waals surface area (Å²) in [5.41, 5.74) is 5.83. The van der Waals surface area contributed by atoms with E-state index in [1.807, 2.05) is 21.9 Å². The zero-order valence-corrected chi connectivity index (χ0v) is 39.1. The first-order valence-electron chi connectivity index (χ1n) is 22.6. The summed E-state index contributed by atoms with van der Waals surface area (Å²) >= 11 is 0. The minimum Gasteiger partial charge on any atom is -0.492 e. The zero-order valence-electron chi connectivity index (χ0n) is 39.1. The van der Waals surface area contributed by atoms with Crippen molar-refractivity contribution in [2.45, 2.75) is 59.7 Å². The van der Waals surface area contributed by atoms with Crippen molar-refractivity contribution in [3.8, 4) is 17.2 Å². The second-order valence-electron chi connectivity index (χ2n) is 17.8. The van der Waals surface area contributed by atoms with Crippen LogP contribution in [0.5, 0.6) is 17.2 Å². The number of esters is 2. The molecule has 358 valence electrons. The summed E-state index contributed by atoms with van der Waals surface area (Å²) in [5, 5.41) is 12.3. The molecule has 3 amide bonds. The Balaban J connectivity index is 0.000000166. The van der Waals surface area contributed by atoms with E-state index in [-0.39, 0.29) is 59.6 Å². The maximum absolute atomic E-state index is 12.8. The predicted molar refractivity (Wildman–Crippen MR) is 241 cm³/mol. The van der Waals surface area contributed by atoms with Gasteiger partial charge in [0.1, 0.15) is 37.1 Å². The molecule has 5 aliphatic rings. The molecule has 0 radical (unpaired) electrons. The van der Waals surface area contributed by atoms with Crippen LogP contribution >= 0.6 is 0 Å². The summed E-state index contributed by atoms with van der Waals surface area (Å²) in [7, 11) is 2.74. The highest BCUT2D eigenvalue weighted by atomic mass is 16.5. The Morgan fingerprint density at radius 2 is 1.02 bits per heavy atom. The van der Waals surface area contributed by atoms with E-state index >= 15 is 0 Å². The smallest absolute Gasteiger partial charge is 0.337 e. The van der Waals surface area contributed by atoms with Gasteiger partial charge < -0.3 is 48.3 Å². The Kier molecular flexibility index (Phi) is 17.0. The predicted octanol–water partition coefficient (Wildman–Crippen LogP) is 5.56. The number of benzene rings is 3. The second kappa shape index (κ2) is 22.6. The number of fused-ring (bicyclic) bond motifs is 3. The van der Waals surface area contributed by atoms with Crippen LogP contribution in [0.25, 0.3) is 0 Å². The summed E-state index contributed by atoms with van der Waals surface area (Å²) < 4.78 is 37.1. The van der Waals surface area contributed by atoms with Gasteiger partial charge in [-0.05, 0) is 54.2 Å². The molecule has 3 aromatic rings. The Morgan fingerprint density at radius 3 is 1.41 bits per heavy atom. The monoisotopic (exact) mass is 916 g/mol. The number of amides is 3. The van der Waals surface area contributed by atoms with Crippen molar-refractivity contribution < 1.29 is 62.3 Å². The van der Waals surface area contributed by atoms with Crippen molar-refractivity contribution in [3.63, 3.8) is 0 Å². The Morgan fingerprint density at radius 1 is 0.606 bits per heavy atom. The normalized spacial score (nSPS) is 20.2. The highest BCUT2D eigenvalue weighted by Gasteiger charge is 2.40. The lowest BCUT2D eigenvalue weighted by molar-refractivity contribution is -0.154. The van der Waals surface area contributed by atoms with Gasteiger partial charge >= 0.3 is 11.9 Å². The first-order valence-corrected chi connectivity index (χ1v) is 22.6. The van der Waals surface area contributed by atoms with Gasteiger partial charge in [0.05, 0.1) is 88.8 Å². The van der Waals surface area contributed by atoms with Gasteiger partial charge in [-0.2, -0.15) is 0 Å². The van der Waals surface area contributed by atoms with Gasteiger partial charge in [-0.25, -0.2) is 15.1 Å². The van der Waals surface area contributed by atoms with Crippen molar-refractivity contribution in [3.05, 3.63) is 88.0 Å². The van der Waals surface area contributed by atoms with Crippen LogP contribution in [0.4, 0.5) is 0 Å². The van der Waals surface area contributed by atoms with E-state index in [0.717, 1.165) is 29.0 Å². The van der Waals surface area contributed by atoms with Crippen LogP contribution in [-0.4, -0.2) is 125 Å². The molecule has 8 rings (SSSR count). The summed E-state index contributed by atoms with van der Waals surface area (Å²) in [4.78, 5) is 64.2. The fourth-order valence-electron chi connectivity index (χ4n) is 8.78. The number of hydrogen-bond acceptors (Lipinski definition) is 14. The van der Waals surface area contributed by atoms with Crippen LogP contribution in [0.15, 0.2) is 54.6 Å². The van der Waals surface area contributed by atoms with Gasteiger partial charge in [0.15, 0.2) is 0 Å². The van der Waals surface area contributed by atoms with E-state index in [0.29, 0.717) is 93.4 Å². The quantitative estimate of drug-likeness (QED) is 0.144. The number of carbonyl (C=O) groups is 5.